The summed E-state index contributed by atoms with van der Waals surface area (Å²) in [5, 5.41) is 0. The molecule has 1 aromatic carbocycles. The Morgan fingerprint density at radius 3 is 1.85 bits per heavy atom. The number of rotatable bonds is 7. The third kappa shape index (κ3) is 5.72. The third-order valence-electron chi connectivity index (χ3n) is 3.33. The minimum absolute atomic E-state index is 0.00583. The summed E-state index contributed by atoms with van der Waals surface area (Å²) in [5.41, 5.74) is 0.568. The van der Waals surface area contributed by atoms with Crippen molar-refractivity contribution in [2.45, 2.75) is 40.5 Å². The topological polar surface area (TPSA) is 20.3 Å². The number of carbonyl (C=O) groups excluding carboxylic acids is 1. The molecule has 0 saturated carbocycles. The van der Waals surface area contributed by atoms with Crippen LogP contribution in [0.2, 0.25) is 0 Å². The smallest absolute Gasteiger partial charge is 0.253 e. The van der Waals surface area contributed by atoms with Crippen LogP contribution in [0.4, 0.5) is 4.39 Å². The highest BCUT2D eigenvalue weighted by Gasteiger charge is 2.16. The second kappa shape index (κ2) is 8.03. The summed E-state index contributed by atoms with van der Waals surface area (Å²) in [6.07, 6.45) is 1.98. The Balaban J connectivity index is 2.74. The van der Waals surface area contributed by atoms with E-state index in [1.54, 1.807) is 12.1 Å². The van der Waals surface area contributed by atoms with Gasteiger partial charge in [0.25, 0.3) is 5.91 Å². The maximum Gasteiger partial charge on any atom is 0.253 e. The fourth-order valence-electron chi connectivity index (χ4n) is 1.92. The predicted octanol–water partition coefficient (Wildman–Crippen LogP) is 4.36. The van der Waals surface area contributed by atoms with Gasteiger partial charge in [-0.1, -0.05) is 27.7 Å². The fourth-order valence-corrected chi connectivity index (χ4v) is 1.92. The number of carbonyl (C=O) groups is 1. The Hall–Kier alpha value is -1.38. The fraction of sp³-hybridized carbons (Fsp3) is 0.588. The van der Waals surface area contributed by atoms with Gasteiger partial charge in [-0.2, -0.15) is 0 Å². The van der Waals surface area contributed by atoms with Crippen molar-refractivity contribution in [3.63, 3.8) is 0 Å². The van der Waals surface area contributed by atoms with Crippen LogP contribution in [0.15, 0.2) is 24.3 Å². The highest BCUT2D eigenvalue weighted by molar-refractivity contribution is 5.94. The number of hydrogen-bond donors (Lipinski definition) is 0. The normalized spacial score (nSPS) is 11.2. The Kier molecular flexibility index (Phi) is 6.69. The third-order valence-corrected chi connectivity index (χ3v) is 3.33. The average Bonchev–Trinajstić information content (AvgIpc) is 2.38. The molecule has 0 aromatic heterocycles. The van der Waals surface area contributed by atoms with Crippen molar-refractivity contribution >= 4 is 5.91 Å². The Morgan fingerprint density at radius 1 is 1.00 bits per heavy atom. The molecule has 0 aliphatic heterocycles. The number of hydrogen-bond acceptors (Lipinski definition) is 1. The quantitative estimate of drug-likeness (QED) is 0.726. The lowest BCUT2D eigenvalue weighted by Crippen LogP contribution is -2.34. The average molecular weight is 279 g/mol. The molecule has 0 spiro atoms. The molecule has 0 fully saturated rings. The van der Waals surface area contributed by atoms with Crippen molar-refractivity contribution in [3.05, 3.63) is 35.6 Å². The van der Waals surface area contributed by atoms with Gasteiger partial charge in [-0.3, -0.25) is 4.79 Å². The lowest BCUT2D eigenvalue weighted by atomic mass is 10.1. The lowest BCUT2D eigenvalue weighted by Gasteiger charge is -2.24. The van der Waals surface area contributed by atoms with Gasteiger partial charge in [0.15, 0.2) is 0 Å². The van der Waals surface area contributed by atoms with Gasteiger partial charge in [0, 0.05) is 18.7 Å². The van der Waals surface area contributed by atoms with Crippen molar-refractivity contribution in [3.8, 4) is 0 Å². The first kappa shape index (κ1) is 16.7. The van der Waals surface area contributed by atoms with Gasteiger partial charge in [0.05, 0.1) is 0 Å². The van der Waals surface area contributed by atoms with E-state index in [0.717, 1.165) is 25.9 Å². The first-order valence-electron chi connectivity index (χ1n) is 7.45. The molecule has 0 aliphatic carbocycles. The SMILES string of the molecule is CC(C)CCN(CCC(C)C)C(=O)c1ccc(F)cc1. The number of halogens is 1. The van der Waals surface area contributed by atoms with E-state index in [2.05, 4.69) is 27.7 Å². The second-order valence-corrected chi connectivity index (χ2v) is 6.16. The van der Waals surface area contributed by atoms with E-state index in [1.165, 1.54) is 12.1 Å². The van der Waals surface area contributed by atoms with Crippen molar-refractivity contribution < 1.29 is 9.18 Å². The highest BCUT2D eigenvalue weighted by atomic mass is 19.1. The van der Waals surface area contributed by atoms with Crippen LogP contribution in [-0.4, -0.2) is 23.9 Å². The van der Waals surface area contributed by atoms with Crippen LogP contribution in [0.3, 0.4) is 0 Å². The van der Waals surface area contributed by atoms with Crippen LogP contribution in [0.5, 0.6) is 0 Å². The summed E-state index contributed by atoms with van der Waals surface area (Å²) in [6, 6.07) is 5.82. The van der Waals surface area contributed by atoms with Crippen LogP contribution < -0.4 is 0 Å². The van der Waals surface area contributed by atoms with Crippen LogP contribution in [0.25, 0.3) is 0 Å². The summed E-state index contributed by atoms with van der Waals surface area (Å²) in [5.74, 6) is 0.832. The molecule has 0 radical (unpaired) electrons. The van der Waals surface area contributed by atoms with Crippen LogP contribution >= 0.6 is 0 Å². The first-order valence-corrected chi connectivity index (χ1v) is 7.45. The maximum absolute atomic E-state index is 12.9. The Labute approximate surface area is 122 Å². The molecule has 112 valence electrons. The van der Waals surface area contributed by atoms with E-state index in [9.17, 15) is 9.18 Å². The molecule has 0 saturated heterocycles. The van der Waals surface area contributed by atoms with Gasteiger partial charge >= 0.3 is 0 Å². The maximum atomic E-state index is 12.9. The zero-order valence-corrected chi connectivity index (χ0v) is 13.0. The minimum Gasteiger partial charge on any atom is -0.339 e. The molecule has 3 heteroatoms. The van der Waals surface area contributed by atoms with E-state index in [1.807, 2.05) is 4.90 Å². The molecule has 20 heavy (non-hydrogen) atoms. The Morgan fingerprint density at radius 2 is 1.45 bits per heavy atom. The molecular weight excluding hydrogens is 253 g/mol. The predicted molar refractivity (Wildman–Crippen MR) is 81.2 cm³/mol. The summed E-state index contributed by atoms with van der Waals surface area (Å²) >= 11 is 0. The second-order valence-electron chi connectivity index (χ2n) is 6.16. The van der Waals surface area contributed by atoms with Gasteiger partial charge in [-0.15, -0.1) is 0 Å². The van der Waals surface area contributed by atoms with Crippen LogP contribution in [-0.2, 0) is 0 Å². The first-order chi connectivity index (χ1) is 9.40. The molecule has 0 heterocycles. The molecule has 1 rings (SSSR count). The summed E-state index contributed by atoms with van der Waals surface area (Å²) in [7, 11) is 0. The molecule has 1 aromatic rings. The standard InChI is InChI=1S/C17H26FNO/c1-13(2)9-11-19(12-10-14(3)4)17(20)15-5-7-16(18)8-6-15/h5-8,13-14H,9-12H2,1-4H3. The van der Waals surface area contributed by atoms with Crippen LogP contribution in [0.1, 0.15) is 50.9 Å². The van der Waals surface area contributed by atoms with Gasteiger partial charge < -0.3 is 4.90 Å². The zero-order valence-electron chi connectivity index (χ0n) is 13.0. The van der Waals surface area contributed by atoms with Crippen molar-refractivity contribution in [1.29, 1.82) is 0 Å². The summed E-state index contributed by atoms with van der Waals surface area (Å²) in [4.78, 5) is 14.4. The van der Waals surface area contributed by atoms with Gasteiger partial charge in [-0.25, -0.2) is 4.39 Å². The zero-order chi connectivity index (χ0) is 15.1. The molecular formula is C17H26FNO. The number of benzene rings is 1. The Bertz CT molecular complexity index is 400. The highest BCUT2D eigenvalue weighted by Crippen LogP contribution is 2.12. The van der Waals surface area contributed by atoms with E-state index >= 15 is 0 Å². The van der Waals surface area contributed by atoms with Gasteiger partial charge in [0.1, 0.15) is 5.82 Å². The van der Waals surface area contributed by atoms with Gasteiger partial charge in [-0.05, 0) is 48.9 Å². The number of nitrogens with zero attached hydrogens (tertiary/aromatic N) is 1. The van der Waals surface area contributed by atoms with E-state index in [0.29, 0.717) is 17.4 Å². The van der Waals surface area contributed by atoms with E-state index in [4.69, 9.17) is 0 Å². The van der Waals surface area contributed by atoms with Crippen molar-refractivity contribution in [2.75, 3.05) is 13.1 Å². The van der Waals surface area contributed by atoms with Crippen LogP contribution in [0, 0.1) is 17.7 Å². The van der Waals surface area contributed by atoms with E-state index < -0.39 is 0 Å². The minimum atomic E-state index is -0.308. The lowest BCUT2D eigenvalue weighted by molar-refractivity contribution is 0.0741. The molecule has 0 N–H and O–H groups in total. The van der Waals surface area contributed by atoms with Crippen molar-refractivity contribution in [1.82, 2.24) is 4.90 Å². The monoisotopic (exact) mass is 279 g/mol. The molecule has 2 nitrogen and oxygen atoms in total. The largest absolute Gasteiger partial charge is 0.339 e. The molecule has 0 atom stereocenters. The van der Waals surface area contributed by atoms with E-state index in [-0.39, 0.29) is 11.7 Å². The summed E-state index contributed by atoms with van der Waals surface area (Å²) < 4.78 is 12.9. The van der Waals surface area contributed by atoms with Gasteiger partial charge in [0.2, 0.25) is 0 Å². The molecule has 0 aliphatic rings. The molecule has 0 unspecified atom stereocenters. The summed E-state index contributed by atoms with van der Waals surface area (Å²) in [6.45, 7) is 10.2. The number of amides is 1. The molecule has 0 bridgehead atoms. The van der Waals surface area contributed by atoms with Crippen molar-refractivity contribution in [2.24, 2.45) is 11.8 Å². The molecule has 1 amide bonds.